The molecule has 0 aliphatic heterocycles. The summed E-state index contributed by atoms with van der Waals surface area (Å²) in [5.41, 5.74) is 0.154. The lowest BCUT2D eigenvalue weighted by molar-refractivity contribution is 0.0407. The molecule has 0 saturated carbocycles. The Morgan fingerprint density at radius 1 is 1.00 bits per heavy atom. The third-order valence-electron chi connectivity index (χ3n) is 2.45. The number of hydrogen-bond acceptors (Lipinski definition) is 4. The highest BCUT2D eigenvalue weighted by Crippen LogP contribution is 2.20. The second-order valence-corrected chi connectivity index (χ2v) is 6.37. The van der Waals surface area contributed by atoms with Crippen LogP contribution in [0.4, 0.5) is 0 Å². The minimum absolute atomic E-state index is 0.0209. The minimum Gasteiger partial charge on any atom is -0.351 e. The molecule has 2 aromatic carbocycles. The Bertz CT molecular complexity index is 760. The Morgan fingerprint density at radius 3 is 2.24 bits per heavy atom. The van der Waals surface area contributed by atoms with E-state index in [1.807, 2.05) is 0 Å². The van der Waals surface area contributed by atoms with Crippen molar-refractivity contribution in [3.8, 4) is 0 Å². The molecule has 0 amide bonds. The van der Waals surface area contributed by atoms with Gasteiger partial charge in [0.05, 0.1) is 10.6 Å². The van der Waals surface area contributed by atoms with Crippen LogP contribution in [0.1, 0.15) is 10.4 Å². The first-order chi connectivity index (χ1) is 9.90. The third-order valence-corrected chi connectivity index (χ3v) is 4.38. The molecule has 0 saturated heterocycles. The topological polar surface area (TPSA) is 72.5 Å². The van der Waals surface area contributed by atoms with E-state index in [1.165, 1.54) is 42.5 Å². The number of benzene rings is 2. The van der Waals surface area contributed by atoms with Gasteiger partial charge in [-0.2, -0.15) is 0 Å². The summed E-state index contributed by atoms with van der Waals surface area (Å²) in [6.07, 6.45) is 0. The van der Waals surface area contributed by atoms with E-state index in [2.05, 4.69) is 4.84 Å². The number of halogens is 2. The molecule has 2 aromatic rings. The summed E-state index contributed by atoms with van der Waals surface area (Å²) in [5.74, 6) is -0.859. The monoisotopic (exact) mass is 345 g/mol. The van der Waals surface area contributed by atoms with Gasteiger partial charge in [-0.3, -0.25) is 0 Å². The number of carbonyl (C=O) groups excluding carboxylic acids is 1. The van der Waals surface area contributed by atoms with Crippen molar-refractivity contribution in [2.75, 3.05) is 0 Å². The fourth-order valence-corrected chi connectivity index (χ4v) is 2.87. The van der Waals surface area contributed by atoms with Crippen LogP contribution < -0.4 is 4.89 Å². The van der Waals surface area contributed by atoms with Crippen LogP contribution in [-0.4, -0.2) is 14.4 Å². The van der Waals surface area contributed by atoms with Gasteiger partial charge in [-0.05, 0) is 41.3 Å². The molecule has 0 fully saturated rings. The second-order valence-electron chi connectivity index (χ2n) is 3.91. The van der Waals surface area contributed by atoms with Gasteiger partial charge in [-0.15, -0.1) is 0 Å². The van der Waals surface area contributed by atoms with Crippen molar-refractivity contribution in [1.82, 2.24) is 4.89 Å². The first-order valence-corrected chi connectivity index (χ1v) is 7.87. The minimum atomic E-state index is -4.05. The number of nitrogens with one attached hydrogen (secondary N) is 1. The van der Waals surface area contributed by atoms with Gasteiger partial charge in [0.1, 0.15) is 4.90 Å². The van der Waals surface area contributed by atoms with Gasteiger partial charge in [-0.25, -0.2) is 13.2 Å². The molecule has 8 heteroatoms. The van der Waals surface area contributed by atoms with Crippen molar-refractivity contribution < 1.29 is 18.0 Å². The summed E-state index contributed by atoms with van der Waals surface area (Å²) in [6, 6.07) is 11.6. The van der Waals surface area contributed by atoms with E-state index in [-0.39, 0.29) is 15.5 Å². The fraction of sp³-hybridized carbons (Fsp3) is 0. The van der Waals surface area contributed by atoms with Crippen molar-refractivity contribution >= 4 is 39.2 Å². The summed E-state index contributed by atoms with van der Waals surface area (Å²) < 4.78 is 23.9. The van der Waals surface area contributed by atoms with Crippen LogP contribution in [0.3, 0.4) is 0 Å². The van der Waals surface area contributed by atoms with Crippen LogP contribution in [-0.2, 0) is 14.9 Å². The van der Waals surface area contributed by atoms with Crippen molar-refractivity contribution in [3.63, 3.8) is 0 Å². The molecule has 5 nitrogen and oxygen atoms in total. The van der Waals surface area contributed by atoms with Crippen molar-refractivity contribution in [2.45, 2.75) is 4.90 Å². The Kier molecular flexibility index (Phi) is 4.84. The number of sulfonamides is 1. The van der Waals surface area contributed by atoms with E-state index in [0.717, 1.165) is 0 Å². The van der Waals surface area contributed by atoms with Gasteiger partial charge in [0.15, 0.2) is 0 Å². The predicted molar refractivity (Wildman–Crippen MR) is 78.6 cm³/mol. The van der Waals surface area contributed by atoms with Crippen molar-refractivity contribution in [2.24, 2.45) is 0 Å². The second kappa shape index (κ2) is 6.44. The molecular formula is C13H9Cl2NO4S. The van der Waals surface area contributed by atoms with Gasteiger partial charge in [-0.1, -0.05) is 35.3 Å². The molecule has 0 radical (unpaired) electrons. The number of carbonyl (C=O) groups is 1. The first-order valence-electron chi connectivity index (χ1n) is 5.63. The molecule has 0 spiro atoms. The summed E-state index contributed by atoms with van der Waals surface area (Å²) >= 11 is 11.5. The zero-order valence-corrected chi connectivity index (χ0v) is 12.7. The summed E-state index contributed by atoms with van der Waals surface area (Å²) in [7, 11) is -4.05. The largest absolute Gasteiger partial charge is 0.357 e. The Labute approximate surface area is 131 Å². The zero-order chi connectivity index (χ0) is 15.5. The van der Waals surface area contributed by atoms with E-state index in [1.54, 1.807) is 11.0 Å². The maximum Gasteiger partial charge on any atom is 0.357 e. The molecule has 1 N–H and O–H groups in total. The molecule has 0 unspecified atom stereocenters. The highest BCUT2D eigenvalue weighted by atomic mass is 35.5. The van der Waals surface area contributed by atoms with Crippen molar-refractivity contribution in [3.05, 3.63) is 64.1 Å². The zero-order valence-electron chi connectivity index (χ0n) is 10.4. The maximum atomic E-state index is 11.9. The number of hydrogen-bond donors (Lipinski definition) is 1. The molecule has 0 bridgehead atoms. The lowest BCUT2D eigenvalue weighted by Crippen LogP contribution is -2.27. The fourth-order valence-electron chi connectivity index (χ4n) is 1.45. The van der Waals surface area contributed by atoms with E-state index in [4.69, 9.17) is 23.2 Å². The average Bonchev–Trinajstić information content (AvgIpc) is 2.46. The Hall–Kier alpha value is -1.60. The Morgan fingerprint density at radius 2 is 1.62 bits per heavy atom. The van der Waals surface area contributed by atoms with Crippen LogP contribution in [0.25, 0.3) is 0 Å². The van der Waals surface area contributed by atoms with Gasteiger partial charge < -0.3 is 4.84 Å². The Balaban J connectivity index is 2.10. The smallest absolute Gasteiger partial charge is 0.351 e. The molecule has 2 rings (SSSR count). The lowest BCUT2D eigenvalue weighted by atomic mass is 10.2. The molecule has 0 aliphatic rings. The first kappa shape index (κ1) is 15.8. The van der Waals surface area contributed by atoms with Crippen LogP contribution in [0, 0.1) is 0 Å². The molecule has 0 aromatic heterocycles. The van der Waals surface area contributed by atoms with Gasteiger partial charge in [0, 0.05) is 5.02 Å². The molecule has 0 heterocycles. The molecule has 0 atom stereocenters. The molecule has 0 aliphatic carbocycles. The van der Waals surface area contributed by atoms with Crippen LogP contribution in [0.2, 0.25) is 10.0 Å². The van der Waals surface area contributed by atoms with E-state index >= 15 is 0 Å². The van der Waals surface area contributed by atoms with Crippen LogP contribution in [0.15, 0.2) is 53.4 Å². The molecule has 21 heavy (non-hydrogen) atoms. The quantitative estimate of drug-likeness (QED) is 0.864. The standard InChI is InChI=1S/C13H9Cl2NO4S/c14-10-7-5-9(6-8-10)13(17)20-16-21(18,19)12-4-2-1-3-11(12)15/h1-8,16H. The molecule has 110 valence electrons. The van der Waals surface area contributed by atoms with Crippen LogP contribution >= 0.6 is 23.2 Å². The highest BCUT2D eigenvalue weighted by molar-refractivity contribution is 7.89. The van der Waals surface area contributed by atoms with Crippen LogP contribution in [0.5, 0.6) is 0 Å². The molecular weight excluding hydrogens is 337 g/mol. The maximum absolute atomic E-state index is 11.9. The lowest BCUT2D eigenvalue weighted by Gasteiger charge is -2.08. The van der Waals surface area contributed by atoms with Gasteiger partial charge in [0.2, 0.25) is 0 Å². The SMILES string of the molecule is O=C(ONS(=O)(=O)c1ccccc1Cl)c1ccc(Cl)cc1. The average molecular weight is 346 g/mol. The predicted octanol–water partition coefficient (Wildman–Crippen LogP) is 3.04. The van der Waals surface area contributed by atoms with E-state index < -0.39 is 16.0 Å². The van der Waals surface area contributed by atoms with Gasteiger partial charge >= 0.3 is 5.97 Å². The van der Waals surface area contributed by atoms with E-state index in [9.17, 15) is 13.2 Å². The van der Waals surface area contributed by atoms with E-state index in [0.29, 0.717) is 5.02 Å². The van der Waals surface area contributed by atoms with Gasteiger partial charge in [0.25, 0.3) is 10.0 Å². The summed E-state index contributed by atoms with van der Waals surface area (Å²) in [6.45, 7) is 0. The summed E-state index contributed by atoms with van der Waals surface area (Å²) in [5, 5.41) is 0.468. The highest BCUT2D eigenvalue weighted by Gasteiger charge is 2.20. The number of rotatable bonds is 4. The van der Waals surface area contributed by atoms with Crippen molar-refractivity contribution in [1.29, 1.82) is 0 Å². The summed E-state index contributed by atoms with van der Waals surface area (Å²) in [4.78, 5) is 17.8. The third kappa shape index (κ3) is 3.95. The normalized spacial score (nSPS) is 11.1.